The van der Waals surface area contributed by atoms with Crippen LogP contribution in [0.25, 0.3) is 11.4 Å². The second kappa shape index (κ2) is 7.53. The Morgan fingerprint density at radius 3 is 2.40 bits per heavy atom. The number of benzene rings is 2. The number of rotatable bonds is 6. The third-order valence-corrected chi connectivity index (χ3v) is 4.68. The molecule has 1 heterocycles. The third kappa shape index (κ3) is 3.74. The first-order chi connectivity index (χ1) is 12.1. The van der Waals surface area contributed by atoms with Crippen LogP contribution in [0.2, 0.25) is 0 Å². The number of anilines is 1. The molecule has 2 aromatic carbocycles. The van der Waals surface area contributed by atoms with Crippen molar-refractivity contribution < 1.29 is 9.47 Å². The first-order valence-corrected chi connectivity index (χ1v) is 8.78. The molecule has 25 heavy (non-hydrogen) atoms. The highest BCUT2D eigenvalue weighted by Crippen LogP contribution is 2.34. The maximum atomic E-state index is 5.42. The van der Waals surface area contributed by atoms with Gasteiger partial charge in [-0.3, -0.25) is 0 Å². The van der Waals surface area contributed by atoms with Gasteiger partial charge in [-0.15, -0.1) is 0 Å². The summed E-state index contributed by atoms with van der Waals surface area (Å²) in [6, 6.07) is 14.0. The molecule has 0 fully saturated rings. The molecule has 3 aromatic rings. The Labute approximate surface area is 151 Å². The van der Waals surface area contributed by atoms with Gasteiger partial charge in [0, 0.05) is 17.1 Å². The van der Waals surface area contributed by atoms with Gasteiger partial charge in [0.15, 0.2) is 17.3 Å². The fourth-order valence-electron chi connectivity index (χ4n) is 2.71. The van der Waals surface area contributed by atoms with Gasteiger partial charge in [-0.1, -0.05) is 30.3 Å². The van der Waals surface area contributed by atoms with E-state index in [0.717, 1.165) is 39.1 Å². The lowest BCUT2D eigenvalue weighted by Gasteiger charge is -2.18. The number of hydrogen-bond donors (Lipinski definition) is 1. The van der Waals surface area contributed by atoms with Gasteiger partial charge in [0.1, 0.15) is 0 Å². The van der Waals surface area contributed by atoms with E-state index in [9.17, 15) is 0 Å². The van der Waals surface area contributed by atoms with Crippen LogP contribution in [0.1, 0.15) is 24.1 Å². The van der Waals surface area contributed by atoms with E-state index in [2.05, 4.69) is 28.5 Å². The fraction of sp³-hybridized carbons (Fsp3) is 0.263. The van der Waals surface area contributed by atoms with Crippen molar-refractivity contribution in [3.05, 3.63) is 53.6 Å². The molecule has 0 aliphatic rings. The Hall–Kier alpha value is -2.60. The topological polar surface area (TPSA) is 56.3 Å². The largest absolute Gasteiger partial charge is 0.493 e. The van der Waals surface area contributed by atoms with Crippen molar-refractivity contribution in [2.45, 2.75) is 19.9 Å². The second-order valence-corrected chi connectivity index (χ2v) is 6.47. The zero-order chi connectivity index (χ0) is 17.8. The molecule has 1 unspecified atom stereocenters. The van der Waals surface area contributed by atoms with Crippen molar-refractivity contribution in [1.82, 2.24) is 9.36 Å². The van der Waals surface area contributed by atoms with Crippen molar-refractivity contribution in [3.8, 4) is 22.9 Å². The van der Waals surface area contributed by atoms with Crippen molar-refractivity contribution in [2.75, 3.05) is 19.5 Å². The van der Waals surface area contributed by atoms with Gasteiger partial charge in [0.2, 0.25) is 5.13 Å². The molecule has 1 aromatic heterocycles. The lowest BCUT2D eigenvalue weighted by atomic mass is 10.0. The molecule has 3 rings (SSSR count). The number of hydrogen-bond acceptors (Lipinski definition) is 6. The van der Waals surface area contributed by atoms with E-state index in [1.54, 1.807) is 14.2 Å². The summed E-state index contributed by atoms with van der Waals surface area (Å²) in [5.41, 5.74) is 3.28. The molecule has 0 saturated carbocycles. The zero-order valence-electron chi connectivity index (χ0n) is 14.7. The molecule has 0 radical (unpaired) electrons. The highest BCUT2D eigenvalue weighted by Gasteiger charge is 2.15. The summed E-state index contributed by atoms with van der Waals surface area (Å²) in [5, 5.41) is 4.22. The zero-order valence-corrected chi connectivity index (χ0v) is 15.6. The van der Waals surface area contributed by atoms with E-state index in [1.165, 1.54) is 11.5 Å². The molecular weight excluding hydrogens is 334 g/mol. The number of methoxy groups -OCH3 is 2. The molecule has 6 heteroatoms. The van der Waals surface area contributed by atoms with Crippen LogP contribution in [0.15, 0.2) is 42.5 Å². The maximum absolute atomic E-state index is 5.42. The van der Waals surface area contributed by atoms with Crippen molar-refractivity contribution in [2.24, 2.45) is 0 Å². The number of aryl methyl sites for hydroxylation is 1. The normalized spacial score (nSPS) is 11.8. The molecule has 0 aliphatic heterocycles. The van der Waals surface area contributed by atoms with Gasteiger partial charge in [-0.2, -0.15) is 9.36 Å². The van der Waals surface area contributed by atoms with E-state index < -0.39 is 0 Å². The van der Waals surface area contributed by atoms with Crippen LogP contribution < -0.4 is 14.8 Å². The predicted molar refractivity (Wildman–Crippen MR) is 102 cm³/mol. The molecule has 0 saturated heterocycles. The van der Waals surface area contributed by atoms with E-state index in [0.29, 0.717) is 0 Å². The highest BCUT2D eigenvalue weighted by atomic mass is 32.1. The van der Waals surface area contributed by atoms with Crippen molar-refractivity contribution in [3.63, 3.8) is 0 Å². The number of nitrogens with zero attached hydrogens (tertiary/aromatic N) is 2. The van der Waals surface area contributed by atoms with Gasteiger partial charge >= 0.3 is 0 Å². The van der Waals surface area contributed by atoms with Gasteiger partial charge in [-0.25, -0.2) is 0 Å². The maximum Gasteiger partial charge on any atom is 0.203 e. The summed E-state index contributed by atoms with van der Waals surface area (Å²) < 4.78 is 15.2. The minimum Gasteiger partial charge on any atom is -0.493 e. The lowest BCUT2D eigenvalue weighted by molar-refractivity contribution is 0.354. The first kappa shape index (κ1) is 17.2. The summed E-state index contributed by atoms with van der Waals surface area (Å²) >= 11 is 1.36. The van der Waals surface area contributed by atoms with Crippen molar-refractivity contribution >= 4 is 16.7 Å². The van der Waals surface area contributed by atoms with Crippen LogP contribution in [-0.4, -0.2) is 23.6 Å². The van der Waals surface area contributed by atoms with Crippen LogP contribution in [0.3, 0.4) is 0 Å². The molecule has 0 amide bonds. The second-order valence-electron chi connectivity index (χ2n) is 5.72. The molecule has 5 nitrogen and oxygen atoms in total. The monoisotopic (exact) mass is 355 g/mol. The summed E-state index contributed by atoms with van der Waals surface area (Å²) in [4.78, 5) is 4.59. The summed E-state index contributed by atoms with van der Waals surface area (Å²) in [6.07, 6.45) is 0. The van der Waals surface area contributed by atoms with E-state index >= 15 is 0 Å². The lowest BCUT2D eigenvalue weighted by Crippen LogP contribution is -2.09. The molecule has 0 spiro atoms. The standard InChI is InChI=1S/C19H21N3O2S/c1-12-10-16(23-3)17(24-4)11-15(12)13(2)20-19-21-18(22-25-19)14-8-6-5-7-9-14/h5-11,13H,1-4H3,(H,20,21,22). The van der Waals surface area contributed by atoms with Gasteiger partial charge in [0.25, 0.3) is 0 Å². The van der Waals surface area contributed by atoms with E-state index in [4.69, 9.17) is 9.47 Å². The Balaban J connectivity index is 1.81. The van der Waals surface area contributed by atoms with Crippen molar-refractivity contribution in [1.29, 1.82) is 0 Å². The summed E-state index contributed by atoms with van der Waals surface area (Å²) in [5.74, 6) is 2.20. The molecule has 0 aliphatic carbocycles. The number of ether oxygens (including phenoxy) is 2. The third-order valence-electron chi connectivity index (χ3n) is 4.04. The first-order valence-electron chi connectivity index (χ1n) is 8.00. The Bertz CT molecular complexity index is 849. The van der Waals surface area contributed by atoms with Gasteiger partial charge in [-0.05, 0) is 37.1 Å². The predicted octanol–water partition coefficient (Wildman–Crippen LogP) is 4.70. The quantitative estimate of drug-likeness (QED) is 0.694. The van der Waals surface area contributed by atoms with E-state index in [-0.39, 0.29) is 6.04 Å². The molecule has 1 N–H and O–H groups in total. The highest BCUT2D eigenvalue weighted by molar-refractivity contribution is 7.09. The number of aromatic nitrogens is 2. The minimum atomic E-state index is 0.0661. The molecule has 0 bridgehead atoms. The minimum absolute atomic E-state index is 0.0661. The van der Waals surface area contributed by atoms with Crippen LogP contribution in [0.4, 0.5) is 5.13 Å². The molecule has 130 valence electrons. The van der Waals surface area contributed by atoms with Gasteiger partial charge in [0.05, 0.1) is 20.3 Å². The van der Waals surface area contributed by atoms with Crippen LogP contribution in [-0.2, 0) is 0 Å². The Kier molecular flexibility index (Phi) is 5.19. The average Bonchev–Trinajstić information content (AvgIpc) is 3.10. The SMILES string of the molecule is COc1cc(C)c(C(C)Nc2nc(-c3ccccc3)ns2)cc1OC. The average molecular weight is 355 g/mol. The summed E-state index contributed by atoms with van der Waals surface area (Å²) in [7, 11) is 3.29. The smallest absolute Gasteiger partial charge is 0.203 e. The number of nitrogens with one attached hydrogen (secondary N) is 1. The van der Waals surface area contributed by atoms with Crippen LogP contribution in [0, 0.1) is 6.92 Å². The Morgan fingerprint density at radius 2 is 1.72 bits per heavy atom. The Morgan fingerprint density at radius 1 is 1.04 bits per heavy atom. The van der Waals surface area contributed by atoms with Crippen LogP contribution >= 0.6 is 11.5 Å². The van der Waals surface area contributed by atoms with E-state index in [1.807, 2.05) is 42.5 Å². The molecular formula is C19H21N3O2S. The fourth-order valence-corrected chi connectivity index (χ4v) is 3.39. The van der Waals surface area contributed by atoms with Gasteiger partial charge < -0.3 is 14.8 Å². The van der Waals surface area contributed by atoms with Crippen LogP contribution in [0.5, 0.6) is 11.5 Å². The molecule has 1 atom stereocenters. The summed E-state index contributed by atoms with van der Waals surface area (Å²) in [6.45, 7) is 4.16.